The van der Waals surface area contributed by atoms with Crippen molar-refractivity contribution in [3.63, 3.8) is 0 Å². The zero-order chi connectivity index (χ0) is 17.5. The molecule has 0 aromatic carbocycles. The molecule has 0 saturated carbocycles. The van der Waals surface area contributed by atoms with Crippen LogP contribution in [0.2, 0.25) is 0 Å². The van der Waals surface area contributed by atoms with Crippen LogP contribution in [0.15, 0.2) is 15.4 Å². The minimum Gasteiger partial charge on any atom is -0.480 e. The SMILES string of the molecule is Cc1oc(C(=O)N(C)C(C)(C)C(=O)O)cc1S(=O)(=O)N(C)C. The third kappa shape index (κ3) is 3.00. The van der Waals surface area contributed by atoms with Gasteiger partial charge in [-0.05, 0) is 20.8 Å². The summed E-state index contributed by atoms with van der Waals surface area (Å²) in [6, 6.07) is 1.11. The van der Waals surface area contributed by atoms with E-state index in [1.165, 1.54) is 41.9 Å². The van der Waals surface area contributed by atoms with Gasteiger partial charge < -0.3 is 14.4 Å². The number of sulfonamides is 1. The van der Waals surface area contributed by atoms with Crippen molar-refractivity contribution in [2.45, 2.75) is 31.2 Å². The fourth-order valence-corrected chi connectivity index (χ4v) is 2.64. The van der Waals surface area contributed by atoms with Crippen molar-refractivity contribution in [1.29, 1.82) is 0 Å². The highest BCUT2D eigenvalue weighted by molar-refractivity contribution is 7.89. The van der Waals surface area contributed by atoms with E-state index in [1.54, 1.807) is 0 Å². The van der Waals surface area contributed by atoms with E-state index < -0.39 is 27.4 Å². The lowest BCUT2D eigenvalue weighted by Gasteiger charge is -2.30. The van der Waals surface area contributed by atoms with Gasteiger partial charge in [0.25, 0.3) is 5.91 Å². The number of rotatable bonds is 5. The molecule has 0 radical (unpaired) electrons. The van der Waals surface area contributed by atoms with Crippen LogP contribution in [-0.4, -0.2) is 61.3 Å². The molecule has 124 valence electrons. The number of carboxylic acid groups (broad SMARTS) is 1. The van der Waals surface area contributed by atoms with Crippen molar-refractivity contribution in [2.24, 2.45) is 0 Å². The van der Waals surface area contributed by atoms with Gasteiger partial charge in [0.05, 0.1) is 0 Å². The topological polar surface area (TPSA) is 108 Å². The van der Waals surface area contributed by atoms with Crippen LogP contribution in [0.3, 0.4) is 0 Å². The van der Waals surface area contributed by atoms with Crippen LogP contribution in [0.25, 0.3) is 0 Å². The molecule has 1 heterocycles. The summed E-state index contributed by atoms with van der Waals surface area (Å²) in [5.74, 6) is -2.06. The highest BCUT2D eigenvalue weighted by atomic mass is 32.2. The molecule has 0 bridgehead atoms. The first-order valence-corrected chi connectivity index (χ1v) is 7.82. The van der Waals surface area contributed by atoms with E-state index >= 15 is 0 Å². The molecule has 0 aliphatic heterocycles. The van der Waals surface area contributed by atoms with Gasteiger partial charge in [0.1, 0.15) is 16.2 Å². The molecule has 1 aromatic heterocycles. The summed E-state index contributed by atoms with van der Waals surface area (Å²) in [6.45, 7) is 4.15. The molecule has 0 atom stereocenters. The number of likely N-dealkylation sites (N-methyl/N-ethyl adjacent to an activating group) is 1. The zero-order valence-corrected chi connectivity index (χ0v) is 14.2. The standard InChI is InChI=1S/C13H20N2O6S/c1-8-10(22(19,20)14(4)5)7-9(21-8)11(16)15(6)13(2,3)12(17)18/h7H,1-6H3,(H,17,18). The maximum atomic E-state index is 12.3. The molecule has 1 N–H and O–H groups in total. The fraction of sp³-hybridized carbons (Fsp3) is 0.538. The number of carbonyl (C=O) groups is 2. The highest BCUT2D eigenvalue weighted by Gasteiger charge is 2.37. The summed E-state index contributed by atoms with van der Waals surface area (Å²) in [7, 11) is 0.297. The monoisotopic (exact) mass is 332 g/mol. The molecule has 0 saturated heterocycles. The Balaban J connectivity index is 3.27. The summed E-state index contributed by atoms with van der Waals surface area (Å²) < 4.78 is 30.4. The molecule has 1 amide bonds. The Hall–Kier alpha value is -1.87. The minimum atomic E-state index is -3.75. The maximum Gasteiger partial charge on any atom is 0.329 e. The van der Waals surface area contributed by atoms with Crippen molar-refractivity contribution >= 4 is 21.9 Å². The number of nitrogens with zero attached hydrogens (tertiary/aromatic N) is 2. The predicted octanol–water partition coefficient (Wildman–Crippen LogP) is 0.774. The molecule has 8 nitrogen and oxygen atoms in total. The van der Waals surface area contributed by atoms with Crippen LogP contribution < -0.4 is 0 Å². The first kappa shape index (κ1) is 18.2. The van der Waals surface area contributed by atoms with Crippen LogP contribution in [0, 0.1) is 6.92 Å². The average molecular weight is 332 g/mol. The minimum absolute atomic E-state index is 0.0681. The second-order valence-corrected chi connectivity index (χ2v) is 7.67. The van der Waals surface area contributed by atoms with Crippen LogP contribution >= 0.6 is 0 Å². The average Bonchev–Trinajstić information content (AvgIpc) is 2.79. The van der Waals surface area contributed by atoms with Gasteiger partial charge in [-0.2, -0.15) is 0 Å². The molecule has 1 aromatic rings. The lowest BCUT2D eigenvalue weighted by Crippen LogP contribution is -2.50. The number of carbonyl (C=O) groups excluding carboxylic acids is 1. The van der Waals surface area contributed by atoms with Gasteiger partial charge in [0.15, 0.2) is 5.76 Å². The molecular formula is C13H20N2O6S. The lowest BCUT2D eigenvalue weighted by molar-refractivity contribution is -0.147. The van der Waals surface area contributed by atoms with E-state index in [9.17, 15) is 18.0 Å². The Morgan fingerprint density at radius 1 is 1.23 bits per heavy atom. The number of carboxylic acids is 1. The number of amides is 1. The number of hydrogen-bond acceptors (Lipinski definition) is 5. The largest absolute Gasteiger partial charge is 0.480 e. The van der Waals surface area contributed by atoms with E-state index in [1.807, 2.05) is 0 Å². The van der Waals surface area contributed by atoms with Gasteiger partial charge in [-0.3, -0.25) is 4.79 Å². The van der Waals surface area contributed by atoms with E-state index in [2.05, 4.69) is 0 Å². The molecular weight excluding hydrogens is 312 g/mol. The van der Waals surface area contributed by atoms with Crippen LogP contribution in [0.1, 0.15) is 30.2 Å². The Morgan fingerprint density at radius 2 is 1.73 bits per heavy atom. The summed E-state index contributed by atoms with van der Waals surface area (Å²) in [5, 5.41) is 9.14. The quantitative estimate of drug-likeness (QED) is 0.853. The van der Waals surface area contributed by atoms with Crippen molar-refractivity contribution in [3.05, 3.63) is 17.6 Å². The summed E-state index contributed by atoms with van der Waals surface area (Å²) in [4.78, 5) is 24.4. The van der Waals surface area contributed by atoms with Gasteiger partial charge >= 0.3 is 5.97 Å². The number of aryl methyl sites for hydroxylation is 1. The second kappa shape index (κ2) is 5.73. The number of furan rings is 1. The Labute approximate surface area is 129 Å². The van der Waals surface area contributed by atoms with Crippen molar-refractivity contribution < 1.29 is 27.5 Å². The van der Waals surface area contributed by atoms with Gasteiger partial charge in [-0.1, -0.05) is 0 Å². The number of aliphatic carboxylic acids is 1. The summed E-state index contributed by atoms with van der Waals surface area (Å²) in [6.07, 6.45) is 0. The van der Waals surface area contributed by atoms with Crippen LogP contribution in [0.5, 0.6) is 0 Å². The third-order valence-electron chi connectivity index (χ3n) is 3.51. The first-order valence-electron chi connectivity index (χ1n) is 6.38. The molecule has 9 heteroatoms. The summed E-state index contributed by atoms with van der Waals surface area (Å²) in [5.41, 5.74) is -1.46. The van der Waals surface area contributed by atoms with Gasteiger partial charge in [0, 0.05) is 27.2 Å². The number of hydrogen-bond donors (Lipinski definition) is 1. The van der Waals surface area contributed by atoms with Crippen molar-refractivity contribution in [3.8, 4) is 0 Å². The van der Waals surface area contributed by atoms with E-state index in [0.29, 0.717) is 0 Å². The molecule has 0 spiro atoms. The molecule has 22 heavy (non-hydrogen) atoms. The normalized spacial score (nSPS) is 12.5. The molecule has 0 unspecified atom stereocenters. The second-order valence-electron chi connectivity index (χ2n) is 5.55. The predicted molar refractivity (Wildman–Crippen MR) is 78.1 cm³/mol. The van der Waals surface area contributed by atoms with Gasteiger partial charge in [-0.25, -0.2) is 17.5 Å². The Morgan fingerprint density at radius 3 is 2.14 bits per heavy atom. The van der Waals surface area contributed by atoms with E-state index in [-0.39, 0.29) is 16.4 Å². The molecule has 0 fully saturated rings. The molecule has 1 rings (SSSR count). The first-order chi connectivity index (χ1) is 9.83. The van der Waals surface area contributed by atoms with Crippen molar-refractivity contribution in [1.82, 2.24) is 9.21 Å². The Kier molecular flexibility index (Phi) is 4.73. The molecule has 0 aliphatic rings. The van der Waals surface area contributed by atoms with E-state index in [0.717, 1.165) is 15.3 Å². The highest BCUT2D eigenvalue weighted by Crippen LogP contribution is 2.25. The lowest BCUT2D eigenvalue weighted by atomic mass is 10.0. The van der Waals surface area contributed by atoms with Crippen LogP contribution in [0.4, 0.5) is 0 Å². The van der Waals surface area contributed by atoms with Crippen LogP contribution in [-0.2, 0) is 14.8 Å². The van der Waals surface area contributed by atoms with Gasteiger partial charge in [-0.15, -0.1) is 0 Å². The Bertz CT molecular complexity index is 702. The zero-order valence-electron chi connectivity index (χ0n) is 13.4. The fourth-order valence-electron chi connectivity index (χ4n) is 1.59. The van der Waals surface area contributed by atoms with Crippen molar-refractivity contribution in [2.75, 3.05) is 21.1 Å². The van der Waals surface area contributed by atoms with Gasteiger partial charge in [0.2, 0.25) is 10.0 Å². The maximum absolute atomic E-state index is 12.3. The third-order valence-corrected chi connectivity index (χ3v) is 5.43. The molecule has 0 aliphatic carbocycles. The van der Waals surface area contributed by atoms with E-state index in [4.69, 9.17) is 9.52 Å². The summed E-state index contributed by atoms with van der Waals surface area (Å²) >= 11 is 0. The smallest absolute Gasteiger partial charge is 0.329 e.